The van der Waals surface area contributed by atoms with Gasteiger partial charge in [-0.25, -0.2) is 9.78 Å². The molecule has 0 atom stereocenters. The van der Waals surface area contributed by atoms with Gasteiger partial charge in [-0.15, -0.1) is 0 Å². The molecule has 0 saturated heterocycles. The minimum Gasteiger partial charge on any atom is -0.477 e. The third kappa shape index (κ3) is 3.29. The van der Waals surface area contributed by atoms with Crippen molar-refractivity contribution in [3.63, 3.8) is 0 Å². The van der Waals surface area contributed by atoms with Gasteiger partial charge in [-0.2, -0.15) is 0 Å². The van der Waals surface area contributed by atoms with Crippen molar-refractivity contribution < 1.29 is 9.90 Å². The number of pyridine rings is 1. The lowest BCUT2D eigenvalue weighted by atomic mass is 10.2. The van der Waals surface area contributed by atoms with Crippen LogP contribution in [0.3, 0.4) is 0 Å². The first kappa shape index (κ1) is 13.9. The van der Waals surface area contributed by atoms with E-state index in [1.54, 1.807) is 12.1 Å². The van der Waals surface area contributed by atoms with Crippen LogP contribution in [0.4, 0.5) is 11.4 Å². The Kier molecular flexibility index (Phi) is 4.14. The lowest BCUT2D eigenvalue weighted by molar-refractivity contribution is 0.0690. The normalized spacial score (nSPS) is 10.3. The van der Waals surface area contributed by atoms with Crippen LogP contribution in [-0.2, 0) is 0 Å². The Bertz CT molecular complexity index is 647. The summed E-state index contributed by atoms with van der Waals surface area (Å²) in [4.78, 5) is 14.5. The van der Waals surface area contributed by atoms with E-state index in [1.807, 2.05) is 0 Å². The molecule has 1 heterocycles. The maximum absolute atomic E-state index is 10.8. The second-order valence-corrected chi connectivity index (χ2v) is 4.83. The van der Waals surface area contributed by atoms with E-state index >= 15 is 0 Å². The highest BCUT2D eigenvalue weighted by Crippen LogP contribution is 2.33. The van der Waals surface area contributed by atoms with E-state index in [0.29, 0.717) is 26.4 Å². The molecule has 98 valence electrons. The van der Waals surface area contributed by atoms with Crippen LogP contribution in [0.25, 0.3) is 0 Å². The summed E-state index contributed by atoms with van der Waals surface area (Å²) in [6.07, 6.45) is 1.39. The van der Waals surface area contributed by atoms with E-state index in [-0.39, 0.29) is 5.69 Å². The van der Waals surface area contributed by atoms with Gasteiger partial charge in [0.2, 0.25) is 0 Å². The Balaban J connectivity index is 2.33. The van der Waals surface area contributed by atoms with Gasteiger partial charge in [0, 0.05) is 11.9 Å². The number of hydrogen-bond acceptors (Lipinski definition) is 3. The zero-order valence-corrected chi connectivity index (χ0v) is 11.6. The molecular formula is C12H7Cl3N2O2. The van der Waals surface area contributed by atoms with Gasteiger partial charge in [-0.05, 0) is 24.3 Å². The average molecular weight is 318 g/mol. The number of rotatable bonds is 3. The molecule has 0 saturated carbocycles. The van der Waals surface area contributed by atoms with Crippen LogP contribution < -0.4 is 5.32 Å². The maximum Gasteiger partial charge on any atom is 0.354 e. The van der Waals surface area contributed by atoms with Crippen molar-refractivity contribution in [3.05, 3.63) is 51.2 Å². The van der Waals surface area contributed by atoms with E-state index < -0.39 is 5.97 Å². The largest absolute Gasteiger partial charge is 0.477 e. The zero-order chi connectivity index (χ0) is 14.0. The molecule has 0 unspecified atom stereocenters. The molecule has 0 aliphatic rings. The van der Waals surface area contributed by atoms with E-state index in [0.717, 1.165) is 0 Å². The van der Waals surface area contributed by atoms with Crippen molar-refractivity contribution in [1.82, 2.24) is 4.98 Å². The van der Waals surface area contributed by atoms with Crippen LogP contribution in [0.5, 0.6) is 0 Å². The number of anilines is 2. The van der Waals surface area contributed by atoms with E-state index in [1.165, 1.54) is 18.3 Å². The summed E-state index contributed by atoms with van der Waals surface area (Å²) in [6, 6.07) is 6.08. The van der Waals surface area contributed by atoms with Crippen LogP contribution in [0, 0.1) is 0 Å². The Hall–Kier alpha value is -1.49. The number of carboxylic acid groups (broad SMARTS) is 1. The molecular weight excluding hydrogens is 311 g/mol. The third-order valence-electron chi connectivity index (χ3n) is 2.27. The molecule has 19 heavy (non-hydrogen) atoms. The highest BCUT2D eigenvalue weighted by atomic mass is 35.5. The molecule has 1 aromatic heterocycles. The van der Waals surface area contributed by atoms with Gasteiger partial charge < -0.3 is 10.4 Å². The third-order valence-corrected chi connectivity index (χ3v) is 3.30. The molecule has 1 aromatic carbocycles. The van der Waals surface area contributed by atoms with E-state index in [4.69, 9.17) is 39.9 Å². The number of hydrogen-bond donors (Lipinski definition) is 2. The quantitative estimate of drug-likeness (QED) is 0.819. The van der Waals surface area contributed by atoms with Crippen molar-refractivity contribution in [3.8, 4) is 0 Å². The summed E-state index contributed by atoms with van der Waals surface area (Å²) < 4.78 is 0. The summed E-state index contributed by atoms with van der Waals surface area (Å²) in [5.74, 6) is -1.11. The topological polar surface area (TPSA) is 62.2 Å². The molecule has 0 aliphatic heterocycles. The molecule has 7 heteroatoms. The fourth-order valence-corrected chi connectivity index (χ4v) is 1.99. The smallest absolute Gasteiger partial charge is 0.354 e. The fourth-order valence-electron chi connectivity index (χ4n) is 1.40. The summed E-state index contributed by atoms with van der Waals surface area (Å²) in [5, 5.41) is 12.9. The number of halogens is 3. The summed E-state index contributed by atoms with van der Waals surface area (Å²) in [7, 11) is 0. The predicted molar refractivity (Wildman–Crippen MR) is 76.0 cm³/mol. The van der Waals surface area contributed by atoms with Gasteiger partial charge >= 0.3 is 5.97 Å². The van der Waals surface area contributed by atoms with Crippen LogP contribution in [0.15, 0.2) is 30.5 Å². The van der Waals surface area contributed by atoms with Gasteiger partial charge in [0.15, 0.2) is 0 Å². The van der Waals surface area contributed by atoms with Gasteiger partial charge in [0.1, 0.15) is 5.69 Å². The number of aromatic carboxylic acids is 1. The molecule has 0 radical (unpaired) electrons. The predicted octanol–water partition coefficient (Wildman–Crippen LogP) is 4.48. The fraction of sp³-hybridized carbons (Fsp3) is 0. The lowest BCUT2D eigenvalue weighted by Crippen LogP contribution is -2.01. The maximum atomic E-state index is 10.8. The van der Waals surface area contributed by atoms with Crippen LogP contribution in [0.2, 0.25) is 15.1 Å². The Labute approximate surface area is 123 Å². The Morgan fingerprint density at radius 1 is 1.11 bits per heavy atom. The molecule has 2 N–H and O–H groups in total. The van der Waals surface area contributed by atoms with Crippen LogP contribution in [0.1, 0.15) is 10.5 Å². The van der Waals surface area contributed by atoms with Crippen molar-refractivity contribution in [2.45, 2.75) is 0 Å². The van der Waals surface area contributed by atoms with Crippen LogP contribution in [-0.4, -0.2) is 16.1 Å². The number of aromatic nitrogens is 1. The number of nitrogens with one attached hydrogen (secondary N) is 1. The number of carbonyl (C=O) groups is 1. The summed E-state index contributed by atoms with van der Waals surface area (Å²) >= 11 is 17.7. The highest BCUT2D eigenvalue weighted by molar-refractivity contribution is 6.44. The molecule has 0 spiro atoms. The molecule has 0 bridgehead atoms. The number of nitrogens with zero attached hydrogens (tertiary/aromatic N) is 1. The van der Waals surface area contributed by atoms with Crippen molar-refractivity contribution in [2.75, 3.05) is 5.32 Å². The van der Waals surface area contributed by atoms with E-state index in [9.17, 15) is 4.79 Å². The average Bonchev–Trinajstić information content (AvgIpc) is 2.36. The van der Waals surface area contributed by atoms with Crippen LogP contribution >= 0.6 is 34.8 Å². The van der Waals surface area contributed by atoms with Crippen molar-refractivity contribution in [2.24, 2.45) is 0 Å². The zero-order valence-electron chi connectivity index (χ0n) is 9.32. The first-order valence-electron chi connectivity index (χ1n) is 5.08. The summed E-state index contributed by atoms with van der Waals surface area (Å²) in [5.41, 5.74) is 0.993. The van der Waals surface area contributed by atoms with Gasteiger partial charge in [-0.3, -0.25) is 0 Å². The summed E-state index contributed by atoms with van der Waals surface area (Å²) in [6.45, 7) is 0. The highest BCUT2D eigenvalue weighted by Gasteiger charge is 2.08. The first-order valence-corrected chi connectivity index (χ1v) is 6.21. The second kappa shape index (κ2) is 5.65. The second-order valence-electron chi connectivity index (χ2n) is 3.61. The van der Waals surface area contributed by atoms with Gasteiger partial charge in [-0.1, -0.05) is 34.8 Å². The van der Waals surface area contributed by atoms with E-state index in [2.05, 4.69) is 10.3 Å². The van der Waals surface area contributed by atoms with Crippen molar-refractivity contribution in [1.29, 1.82) is 0 Å². The lowest BCUT2D eigenvalue weighted by Gasteiger charge is -2.10. The van der Waals surface area contributed by atoms with Crippen molar-refractivity contribution >= 4 is 52.1 Å². The van der Waals surface area contributed by atoms with Gasteiger partial charge in [0.05, 0.1) is 20.8 Å². The molecule has 0 aliphatic carbocycles. The molecule has 2 rings (SSSR count). The number of carboxylic acids is 1. The molecule has 2 aromatic rings. The monoisotopic (exact) mass is 316 g/mol. The first-order chi connectivity index (χ1) is 8.97. The minimum atomic E-state index is -1.11. The molecule has 4 nitrogen and oxygen atoms in total. The molecule has 0 fully saturated rings. The van der Waals surface area contributed by atoms with Gasteiger partial charge in [0.25, 0.3) is 0 Å². The number of benzene rings is 1. The minimum absolute atomic E-state index is 0.0683. The standard InChI is InChI=1S/C12H7Cl3N2O2/c13-7-4-9(15)10(5-8(7)14)17-6-1-2-16-11(3-6)12(18)19/h1-5H,(H,16,17)(H,18,19). The SMILES string of the molecule is O=C(O)c1cc(Nc2cc(Cl)c(Cl)cc2Cl)ccn1. The Morgan fingerprint density at radius 3 is 2.47 bits per heavy atom. The molecule has 0 amide bonds. The Morgan fingerprint density at radius 2 is 1.79 bits per heavy atom.